The first kappa shape index (κ1) is 14.7. The maximum atomic E-state index is 12.3. The van der Waals surface area contributed by atoms with Crippen molar-refractivity contribution in [2.45, 2.75) is 24.8 Å². The molecular formula is C20H18N2O2. The molecule has 2 N–H and O–H groups in total. The van der Waals surface area contributed by atoms with E-state index in [2.05, 4.69) is 22.4 Å². The lowest BCUT2D eigenvalue weighted by molar-refractivity contribution is -0.120. The van der Waals surface area contributed by atoms with Crippen molar-refractivity contribution >= 4 is 16.8 Å². The van der Waals surface area contributed by atoms with E-state index in [0.29, 0.717) is 17.0 Å². The number of pyridine rings is 1. The van der Waals surface area contributed by atoms with Crippen LogP contribution in [0.4, 0.5) is 0 Å². The molecule has 1 fully saturated rings. The smallest absolute Gasteiger partial charge is 0.224 e. The molecule has 0 saturated heterocycles. The minimum atomic E-state index is -0.0657. The zero-order valence-corrected chi connectivity index (χ0v) is 13.1. The summed E-state index contributed by atoms with van der Waals surface area (Å²) in [5.41, 5.74) is 2.41. The lowest BCUT2D eigenvalue weighted by atomic mass is 10.1. The van der Waals surface area contributed by atoms with Crippen LogP contribution in [-0.4, -0.2) is 22.0 Å². The Morgan fingerprint density at radius 3 is 2.79 bits per heavy atom. The van der Waals surface area contributed by atoms with Gasteiger partial charge in [-0.1, -0.05) is 48.5 Å². The third kappa shape index (κ3) is 2.83. The Labute approximate surface area is 140 Å². The van der Waals surface area contributed by atoms with E-state index in [-0.39, 0.29) is 24.1 Å². The molecule has 4 heteroatoms. The Morgan fingerprint density at radius 1 is 1.12 bits per heavy atom. The number of rotatable bonds is 4. The van der Waals surface area contributed by atoms with Gasteiger partial charge in [-0.3, -0.25) is 9.78 Å². The van der Waals surface area contributed by atoms with Crippen molar-refractivity contribution < 1.29 is 9.90 Å². The van der Waals surface area contributed by atoms with Gasteiger partial charge in [-0.25, -0.2) is 0 Å². The fourth-order valence-corrected chi connectivity index (χ4v) is 3.17. The third-order valence-corrected chi connectivity index (χ3v) is 4.55. The molecular weight excluding hydrogens is 300 g/mol. The van der Waals surface area contributed by atoms with Gasteiger partial charge in [0, 0.05) is 29.1 Å². The van der Waals surface area contributed by atoms with Crippen LogP contribution in [0.2, 0.25) is 0 Å². The van der Waals surface area contributed by atoms with Gasteiger partial charge in [0.15, 0.2) is 0 Å². The molecule has 120 valence electrons. The molecule has 1 aromatic heterocycles. The molecule has 0 spiro atoms. The first-order valence-corrected chi connectivity index (χ1v) is 8.12. The minimum absolute atomic E-state index is 0.0657. The van der Waals surface area contributed by atoms with Gasteiger partial charge >= 0.3 is 0 Å². The van der Waals surface area contributed by atoms with E-state index >= 15 is 0 Å². The van der Waals surface area contributed by atoms with E-state index < -0.39 is 0 Å². The quantitative estimate of drug-likeness (QED) is 0.777. The SMILES string of the molecule is O=C(Cc1ccc2cccnc2c1O)NC1CC1c1ccccc1. The number of hydrogen-bond acceptors (Lipinski definition) is 3. The zero-order valence-electron chi connectivity index (χ0n) is 13.1. The molecule has 1 heterocycles. The van der Waals surface area contributed by atoms with Crippen molar-refractivity contribution in [3.8, 4) is 5.75 Å². The topological polar surface area (TPSA) is 62.2 Å². The molecule has 0 radical (unpaired) electrons. The van der Waals surface area contributed by atoms with E-state index in [0.717, 1.165) is 11.8 Å². The second-order valence-corrected chi connectivity index (χ2v) is 6.25. The normalized spacial score (nSPS) is 19.2. The lowest BCUT2D eigenvalue weighted by Gasteiger charge is -2.08. The Bertz CT molecular complexity index is 893. The summed E-state index contributed by atoms with van der Waals surface area (Å²) in [6, 6.07) is 17.8. The van der Waals surface area contributed by atoms with Gasteiger partial charge in [0.2, 0.25) is 5.91 Å². The molecule has 1 saturated carbocycles. The summed E-state index contributed by atoms with van der Waals surface area (Å²) >= 11 is 0. The van der Waals surface area contributed by atoms with Crippen LogP contribution in [-0.2, 0) is 11.2 Å². The Kier molecular flexibility index (Phi) is 3.65. The van der Waals surface area contributed by atoms with E-state index in [4.69, 9.17) is 0 Å². The van der Waals surface area contributed by atoms with Gasteiger partial charge in [0.25, 0.3) is 0 Å². The molecule has 0 aliphatic heterocycles. The number of carbonyl (C=O) groups is 1. The highest BCUT2D eigenvalue weighted by Gasteiger charge is 2.39. The molecule has 1 amide bonds. The summed E-state index contributed by atoms with van der Waals surface area (Å²) in [6.07, 6.45) is 2.78. The van der Waals surface area contributed by atoms with Gasteiger partial charge in [0.1, 0.15) is 11.3 Å². The van der Waals surface area contributed by atoms with Crippen molar-refractivity contribution in [2.75, 3.05) is 0 Å². The number of phenolic OH excluding ortho intramolecular Hbond substituents is 1. The predicted octanol–water partition coefficient (Wildman–Crippen LogP) is 3.16. The standard InChI is InChI=1S/C20H18N2O2/c23-18(22-17-12-16(17)13-5-2-1-3-6-13)11-15-9-8-14-7-4-10-21-19(14)20(15)24/h1-10,16-17,24H,11-12H2,(H,22,23). The van der Waals surface area contributed by atoms with Crippen LogP contribution in [0.3, 0.4) is 0 Å². The molecule has 4 rings (SSSR count). The van der Waals surface area contributed by atoms with Crippen molar-refractivity contribution in [3.05, 3.63) is 71.9 Å². The summed E-state index contributed by atoms with van der Waals surface area (Å²) in [5.74, 6) is 0.435. The Morgan fingerprint density at radius 2 is 1.96 bits per heavy atom. The van der Waals surface area contributed by atoms with Crippen molar-refractivity contribution in [2.24, 2.45) is 0 Å². The number of nitrogens with one attached hydrogen (secondary N) is 1. The fourth-order valence-electron chi connectivity index (χ4n) is 3.17. The molecule has 3 aromatic rings. The molecule has 2 atom stereocenters. The summed E-state index contributed by atoms with van der Waals surface area (Å²) in [5, 5.41) is 14.3. The van der Waals surface area contributed by atoms with Gasteiger partial charge < -0.3 is 10.4 Å². The summed E-state index contributed by atoms with van der Waals surface area (Å²) < 4.78 is 0. The molecule has 1 aliphatic rings. The summed E-state index contributed by atoms with van der Waals surface area (Å²) in [4.78, 5) is 16.5. The number of hydrogen-bond donors (Lipinski definition) is 2. The molecule has 0 bridgehead atoms. The summed E-state index contributed by atoms with van der Waals surface area (Å²) in [6.45, 7) is 0. The average Bonchev–Trinajstić information content (AvgIpc) is 3.37. The monoisotopic (exact) mass is 318 g/mol. The molecule has 24 heavy (non-hydrogen) atoms. The molecule has 2 unspecified atom stereocenters. The largest absolute Gasteiger partial charge is 0.505 e. The second-order valence-electron chi connectivity index (χ2n) is 6.25. The average molecular weight is 318 g/mol. The number of fused-ring (bicyclic) bond motifs is 1. The first-order chi connectivity index (χ1) is 11.7. The van der Waals surface area contributed by atoms with Crippen molar-refractivity contribution in [1.29, 1.82) is 0 Å². The van der Waals surface area contributed by atoms with Crippen LogP contribution in [0.25, 0.3) is 10.9 Å². The maximum Gasteiger partial charge on any atom is 0.224 e. The highest BCUT2D eigenvalue weighted by Crippen LogP contribution is 2.40. The van der Waals surface area contributed by atoms with Crippen LogP contribution in [0.15, 0.2) is 60.8 Å². The number of aromatic hydroxyl groups is 1. The lowest BCUT2D eigenvalue weighted by Crippen LogP contribution is -2.28. The number of benzene rings is 2. The third-order valence-electron chi connectivity index (χ3n) is 4.55. The van der Waals surface area contributed by atoms with Crippen LogP contribution in [0.1, 0.15) is 23.5 Å². The van der Waals surface area contributed by atoms with Crippen molar-refractivity contribution in [3.63, 3.8) is 0 Å². The maximum absolute atomic E-state index is 12.3. The minimum Gasteiger partial charge on any atom is -0.505 e. The van der Waals surface area contributed by atoms with Crippen LogP contribution in [0, 0.1) is 0 Å². The van der Waals surface area contributed by atoms with Gasteiger partial charge in [-0.2, -0.15) is 0 Å². The number of aromatic nitrogens is 1. The van der Waals surface area contributed by atoms with E-state index in [1.54, 1.807) is 12.3 Å². The molecule has 1 aliphatic carbocycles. The van der Waals surface area contributed by atoms with Gasteiger partial charge in [-0.15, -0.1) is 0 Å². The Balaban J connectivity index is 1.43. The van der Waals surface area contributed by atoms with Crippen molar-refractivity contribution in [1.82, 2.24) is 10.3 Å². The van der Waals surface area contributed by atoms with Gasteiger partial charge in [0.05, 0.1) is 6.42 Å². The van der Waals surface area contributed by atoms with Crippen LogP contribution in [0.5, 0.6) is 5.75 Å². The number of amides is 1. The van der Waals surface area contributed by atoms with E-state index in [1.165, 1.54) is 5.56 Å². The summed E-state index contributed by atoms with van der Waals surface area (Å²) in [7, 11) is 0. The van der Waals surface area contributed by atoms with Gasteiger partial charge in [-0.05, 0) is 18.1 Å². The van der Waals surface area contributed by atoms with Crippen LogP contribution < -0.4 is 5.32 Å². The number of carbonyl (C=O) groups excluding carboxylic acids is 1. The highest BCUT2D eigenvalue weighted by atomic mass is 16.3. The number of nitrogens with zero attached hydrogens (tertiary/aromatic N) is 1. The Hall–Kier alpha value is -2.88. The first-order valence-electron chi connectivity index (χ1n) is 8.12. The number of phenols is 1. The van der Waals surface area contributed by atoms with E-state index in [9.17, 15) is 9.90 Å². The molecule has 4 nitrogen and oxygen atoms in total. The van der Waals surface area contributed by atoms with Crippen LogP contribution >= 0.6 is 0 Å². The second kappa shape index (κ2) is 5.96. The van der Waals surface area contributed by atoms with E-state index in [1.807, 2.05) is 36.4 Å². The molecule has 2 aromatic carbocycles. The fraction of sp³-hybridized carbons (Fsp3) is 0.200. The zero-order chi connectivity index (χ0) is 16.5. The highest BCUT2D eigenvalue weighted by molar-refractivity contribution is 5.88. The predicted molar refractivity (Wildman–Crippen MR) is 92.8 cm³/mol.